The molecule has 122 valence electrons. The van der Waals surface area contributed by atoms with Gasteiger partial charge in [0, 0.05) is 23.4 Å². The molecule has 5 nitrogen and oxygen atoms in total. The summed E-state index contributed by atoms with van der Waals surface area (Å²) in [6, 6.07) is 7.87. The zero-order chi connectivity index (χ0) is 16.2. The fourth-order valence-corrected chi connectivity index (χ4v) is 2.86. The highest BCUT2D eigenvalue weighted by atomic mass is 32.1. The molecule has 1 N–H and O–H groups in total. The van der Waals surface area contributed by atoms with Crippen LogP contribution in [-0.4, -0.2) is 43.0 Å². The van der Waals surface area contributed by atoms with E-state index in [2.05, 4.69) is 15.2 Å². The number of thiazole rings is 1. The lowest BCUT2D eigenvalue weighted by Crippen LogP contribution is -2.19. The molecule has 2 aromatic rings. The Bertz CT molecular complexity index is 680. The smallest absolute Gasteiger partial charge is 0.229 e. The van der Waals surface area contributed by atoms with Crippen LogP contribution in [0.3, 0.4) is 0 Å². The molecular formula is C17H21N3O2S. The SMILES string of the molecule is CN(C)CCOc1ccccc1-c1csc(NC(=O)C2CC2)n1. The molecule has 0 bridgehead atoms. The molecule has 1 saturated carbocycles. The molecule has 1 aromatic heterocycles. The summed E-state index contributed by atoms with van der Waals surface area (Å²) in [5, 5.41) is 5.50. The van der Waals surface area contributed by atoms with Crippen LogP contribution in [0.5, 0.6) is 5.75 Å². The first kappa shape index (κ1) is 16.0. The molecule has 1 fully saturated rings. The van der Waals surface area contributed by atoms with Gasteiger partial charge >= 0.3 is 0 Å². The summed E-state index contributed by atoms with van der Waals surface area (Å²) in [4.78, 5) is 18.4. The van der Waals surface area contributed by atoms with E-state index in [0.29, 0.717) is 11.7 Å². The van der Waals surface area contributed by atoms with Crippen molar-refractivity contribution in [2.24, 2.45) is 5.92 Å². The summed E-state index contributed by atoms with van der Waals surface area (Å²) in [6.45, 7) is 1.48. The van der Waals surface area contributed by atoms with Crippen molar-refractivity contribution < 1.29 is 9.53 Å². The molecule has 1 aromatic carbocycles. The van der Waals surface area contributed by atoms with E-state index in [9.17, 15) is 4.79 Å². The average Bonchev–Trinajstić information content (AvgIpc) is 3.28. The average molecular weight is 331 g/mol. The van der Waals surface area contributed by atoms with Crippen molar-refractivity contribution in [3.05, 3.63) is 29.6 Å². The number of carbonyl (C=O) groups excluding carboxylic acids is 1. The van der Waals surface area contributed by atoms with Crippen molar-refractivity contribution in [3.8, 4) is 17.0 Å². The van der Waals surface area contributed by atoms with Crippen LogP contribution in [0.4, 0.5) is 5.13 Å². The molecule has 0 spiro atoms. The predicted molar refractivity (Wildman–Crippen MR) is 93.0 cm³/mol. The number of carbonyl (C=O) groups is 1. The van der Waals surface area contributed by atoms with Gasteiger partial charge in [0.15, 0.2) is 5.13 Å². The largest absolute Gasteiger partial charge is 0.492 e. The third kappa shape index (κ3) is 4.30. The van der Waals surface area contributed by atoms with Gasteiger partial charge in [-0.15, -0.1) is 11.3 Å². The Hall–Kier alpha value is -1.92. The van der Waals surface area contributed by atoms with Crippen molar-refractivity contribution in [3.63, 3.8) is 0 Å². The lowest BCUT2D eigenvalue weighted by Gasteiger charge is -2.13. The van der Waals surface area contributed by atoms with Gasteiger partial charge in [-0.2, -0.15) is 0 Å². The van der Waals surface area contributed by atoms with Crippen molar-refractivity contribution in [2.45, 2.75) is 12.8 Å². The van der Waals surface area contributed by atoms with Crippen LogP contribution >= 0.6 is 11.3 Å². The molecule has 6 heteroatoms. The van der Waals surface area contributed by atoms with Gasteiger partial charge in [0.25, 0.3) is 0 Å². The third-order valence-electron chi connectivity index (χ3n) is 3.64. The van der Waals surface area contributed by atoms with Crippen molar-refractivity contribution in [1.82, 2.24) is 9.88 Å². The Kier molecular flexibility index (Phi) is 4.93. The van der Waals surface area contributed by atoms with Gasteiger partial charge in [0.2, 0.25) is 5.91 Å². The Morgan fingerprint density at radius 1 is 1.39 bits per heavy atom. The van der Waals surface area contributed by atoms with Crippen LogP contribution < -0.4 is 10.1 Å². The minimum atomic E-state index is 0.0846. The Balaban J connectivity index is 1.70. The maximum atomic E-state index is 11.8. The number of para-hydroxylation sites is 1. The molecule has 23 heavy (non-hydrogen) atoms. The van der Waals surface area contributed by atoms with Gasteiger partial charge in [-0.05, 0) is 39.1 Å². The standard InChI is InChI=1S/C17H21N3O2S/c1-20(2)9-10-22-15-6-4-3-5-13(15)14-11-23-17(18-14)19-16(21)12-7-8-12/h3-6,11-12H,7-10H2,1-2H3,(H,18,19,21). The number of nitrogens with zero attached hydrogens (tertiary/aromatic N) is 2. The quantitative estimate of drug-likeness (QED) is 0.847. The maximum absolute atomic E-state index is 11.8. The van der Waals surface area contributed by atoms with Crippen LogP contribution in [0.15, 0.2) is 29.6 Å². The molecule has 1 aliphatic carbocycles. The summed E-state index contributed by atoms with van der Waals surface area (Å²) < 4.78 is 5.88. The molecule has 1 amide bonds. The van der Waals surface area contributed by atoms with Crippen LogP contribution in [-0.2, 0) is 4.79 Å². The number of amides is 1. The van der Waals surface area contributed by atoms with Crippen LogP contribution in [0.2, 0.25) is 0 Å². The second-order valence-corrected chi connectivity index (χ2v) is 6.81. The monoisotopic (exact) mass is 331 g/mol. The van der Waals surface area contributed by atoms with Crippen molar-refractivity contribution in [1.29, 1.82) is 0 Å². The number of ether oxygens (including phenoxy) is 1. The lowest BCUT2D eigenvalue weighted by molar-refractivity contribution is -0.117. The minimum absolute atomic E-state index is 0.0846. The fourth-order valence-electron chi connectivity index (χ4n) is 2.15. The molecule has 0 radical (unpaired) electrons. The summed E-state index contributed by atoms with van der Waals surface area (Å²) in [6.07, 6.45) is 1.99. The van der Waals surface area contributed by atoms with E-state index in [0.717, 1.165) is 36.4 Å². The second kappa shape index (κ2) is 7.10. The maximum Gasteiger partial charge on any atom is 0.229 e. The van der Waals surface area contributed by atoms with E-state index in [1.807, 2.05) is 43.7 Å². The highest BCUT2D eigenvalue weighted by molar-refractivity contribution is 7.14. The molecule has 3 rings (SSSR count). The van der Waals surface area contributed by atoms with E-state index in [1.165, 1.54) is 11.3 Å². The molecule has 1 heterocycles. The Labute approximate surface area is 140 Å². The van der Waals surface area contributed by atoms with Gasteiger partial charge in [-0.25, -0.2) is 4.98 Å². The zero-order valence-electron chi connectivity index (χ0n) is 13.4. The number of likely N-dealkylation sites (N-methyl/N-ethyl adjacent to an activating group) is 1. The van der Waals surface area contributed by atoms with E-state index < -0.39 is 0 Å². The van der Waals surface area contributed by atoms with Crippen molar-refractivity contribution in [2.75, 3.05) is 32.6 Å². The van der Waals surface area contributed by atoms with Crippen LogP contribution in [0.1, 0.15) is 12.8 Å². The van der Waals surface area contributed by atoms with Crippen LogP contribution in [0, 0.1) is 5.92 Å². The van der Waals surface area contributed by atoms with Gasteiger partial charge in [0.1, 0.15) is 12.4 Å². The second-order valence-electron chi connectivity index (χ2n) is 5.95. The van der Waals surface area contributed by atoms with Crippen LogP contribution in [0.25, 0.3) is 11.3 Å². The van der Waals surface area contributed by atoms with E-state index in [4.69, 9.17) is 4.74 Å². The highest BCUT2D eigenvalue weighted by Gasteiger charge is 2.30. The van der Waals surface area contributed by atoms with Gasteiger partial charge in [-0.3, -0.25) is 4.79 Å². The number of rotatable bonds is 7. The lowest BCUT2D eigenvalue weighted by atomic mass is 10.1. The predicted octanol–water partition coefficient (Wildman–Crippen LogP) is 3.10. The molecule has 0 atom stereocenters. The number of nitrogens with one attached hydrogen (secondary N) is 1. The molecule has 0 saturated heterocycles. The topological polar surface area (TPSA) is 54.5 Å². The summed E-state index contributed by atoms with van der Waals surface area (Å²) in [5.74, 6) is 1.09. The number of hydrogen-bond donors (Lipinski definition) is 1. The molecule has 0 aliphatic heterocycles. The number of anilines is 1. The zero-order valence-corrected chi connectivity index (χ0v) is 14.2. The molecular weight excluding hydrogens is 310 g/mol. The summed E-state index contributed by atoms with van der Waals surface area (Å²) in [5.41, 5.74) is 1.79. The Morgan fingerprint density at radius 3 is 2.91 bits per heavy atom. The first-order chi connectivity index (χ1) is 11.1. The van der Waals surface area contributed by atoms with E-state index in [-0.39, 0.29) is 11.8 Å². The van der Waals surface area contributed by atoms with Gasteiger partial charge in [0.05, 0.1) is 5.69 Å². The van der Waals surface area contributed by atoms with Gasteiger partial charge < -0.3 is 15.0 Å². The van der Waals surface area contributed by atoms with Crippen molar-refractivity contribution >= 4 is 22.4 Å². The number of aromatic nitrogens is 1. The first-order valence-electron chi connectivity index (χ1n) is 7.77. The van der Waals surface area contributed by atoms with E-state index in [1.54, 1.807) is 0 Å². The van der Waals surface area contributed by atoms with Gasteiger partial charge in [-0.1, -0.05) is 12.1 Å². The normalized spacial score (nSPS) is 14.0. The Morgan fingerprint density at radius 2 is 2.17 bits per heavy atom. The minimum Gasteiger partial charge on any atom is -0.492 e. The molecule has 1 aliphatic rings. The molecule has 0 unspecified atom stereocenters. The fraction of sp³-hybridized carbons (Fsp3) is 0.412. The number of hydrogen-bond acceptors (Lipinski definition) is 5. The highest BCUT2D eigenvalue weighted by Crippen LogP contribution is 2.34. The number of benzene rings is 1. The summed E-state index contributed by atoms with van der Waals surface area (Å²) >= 11 is 1.45. The summed E-state index contributed by atoms with van der Waals surface area (Å²) in [7, 11) is 4.04. The third-order valence-corrected chi connectivity index (χ3v) is 4.40. The van der Waals surface area contributed by atoms with E-state index >= 15 is 0 Å². The first-order valence-corrected chi connectivity index (χ1v) is 8.65.